The molecule has 0 aromatic carbocycles. The monoisotopic (exact) mass is 442 g/mol. The lowest BCUT2D eigenvalue weighted by Crippen LogP contribution is -2.65. The molecule has 5 aliphatic rings. The van der Waals surface area contributed by atoms with Crippen molar-refractivity contribution < 1.29 is 10.2 Å². The van der Waals surface area contributed by atoms with Crippen LogP contribution in [0.5, 0.6) is 0 Å². The van der Waals surface area contributed by atoms with Crippen molar-refractivity contribution in [3.63, 3.8) is 0 Å². The third-order valence-corrected chi connectivity index (χ3v) is 13.5. The number of allylic oxidation sites excluding steroid dienone is 2. The summed E-state index contributed by atoms with van der Waals surface area (Å²) >= 11 is 0. The first-order valence-electron chi connectivity index (χ1n) is 13.7. The van der Waals surface area contributed by atoms with Gasteiger partial charge >= 0.3 is 0 Å². The van der Waals surface area contributed by atoms with Gasteiger partial charge in [0.25, 0.3) is 0 Å². The van der Waals surface area contributed by atoms with Gasteiger partial charge < -0.3 is 10.2 Å². The Balaban J connectivity index is 1.59. The van der Waals surface area contributed by atoms with Crippen LogP contribution in [0.15, 0.2) is 11.6 Å². The smallest absolute Gasteiger partial charge is 0.0594 e. The standard InChI is InChI=1S/C30H50O2/c1-25(2)19-11-17-29(7)21(27(19,5)15-13-23(25)31)9-10-22-28(6)16-14-24(32)26(3,4)20(28)12-18-30(22,29)8/h9,19-20,22-24,31-32H,10-18H2,1-8H3/t19-,20-,22+,23-,24-,27-,28-,29+,30+/m0/s1. The topological polar surface area (TPSA) is 40.5 Å². The molecule has 0 unspecified atom stereocenters. The van der Waals surface area contributed by atoms with Crippen molar-refractivity contribution in [2.24, 2.45) is 50.2 Å². The fraction of sp³-hybridized carbons (Fsp3) is 0.933. The Bertz CT molecular complexity index is 825. The number of fused-ring (bicyclic) bond motifs is 7. The van der Waals surface area contributed by atoms with Gasteiger partial charge in [0.15, 0.2) is 0 Å². The molecule has 2 nitrogen and oxygen atoms in total. The van der Waals surface area contributed by atoms with E-state index in [1.165, 1.54) is 38.5 Å². The van der Waals surface area contributed by atoms with Gasteiger partial charge in [-0.1, -0.05) is 67.0 Å². The second kappa shape index (κ2) is 6.66. The van der Waals surface area contributed by atoms with E-state index in [-0.39, 0.29) is 33.9 Å². The Labute approximate surface area is 197 Å². The molecule has 2 N–H and O–H groups in total. The molecule has 0 spiro atoms. The summed E-state index contributed by atoms with van der Waals surface area (Å²) in [5.74, 6) is 1.90. The zero-order valence-electron chi connectivity index (χ0n) is 22.2. The molecule has 0 bridgehead atoms. The highest BCUT2D eigenvalue weighted by atomic mass is 16.3. The maximum Gasteiger partial charge on any atom is 0.0594 e. The zero-order chi connectivity index (χ0) is 23.5. The molecule has 182 valence electrons. The number of rotatable bonds is 0. The van der Waals surface area contributed by atoms with Gasteiger partial charge in [0.2, 0.25) is 0 Å². The molecule has 0 saturated heterocycles. The predicted molar refractivity (Wildman–Crippen MR) is 132 cm³/mol. The molecule has 5 rings (SSSR count). The molecule has 5 aliphatic carbocycles. The second-order valence-electron chi connectivity index (χ2n) is 15.0. The van der Waals surface area contributed by atoms with Crippen LogP contribution >= 0.6 is 0 Å². The first-order chi connectivity index (χ1) is 14.7. The van der Waals surface area contributed by atoms with Crippen LogP contribution in [0.25, 0.3) is 0 Å². The largest absolute Gasteiger partial charge is 0.393 e. The summed E-state index contributed by atoms with van der Waals surface area (Å²) in [7, 11) is 0. The first kappa shape index (κ1) is 23.4. The van der Waals surface area contributed by atoms with Crippen LogP contribution in [0, 0.1) is 50.2 Å². The summed E-state index contributed by atoms with van der Waals surface area (Å²) in [4.78, 5) is 0. The average Bonchev–Trinajstić information content (AvgIpc) is 2.69. The quantitative estimate of drug-likeness (QED) is 0.391. The van der Waals surface area contributed by atoms with Crippen molar-refractivity contribution in [1.29, 1.82) is 0 Å². The minimum absolute atomic E-state index is 0.0000945. The van der Waals surface area contributed by atoms with Crippen molar-refractivity contribution in [2.45, 2.75) is 125 Å². The van der Waals surface area contributed by atoms with Gasteiger partial charge in [-0.3, -0.25) is 0 Å². The summed E-state index contributed by atoms with van der Waals surface area (Å²) in [5.41, 5.74) is 2.91. The molecule has 0 radical (unpaired) electrons. The maximum absolute atomic E-state index is 10.9. The van der Waals surface area contributed by atoms with Crippen molar-refractivity contribution in [2.75, 3.05) is 0 Å². The molecule has 0 aliphatic heterocycles. The minimum atomic E-state index is -0.164. The summed E-state index contributed by atoms with van der Waals surface area (Å²) in [6.45, 7) is 19.8. The van der Waals surface area contributed by atoms with Crippen LogP contribution in [-0.4, -0.2) is 22.4 Å². The summed E-state index contributed by atoms with van der Waals surface area (Å²) in [5, 5.41) is 21.8. The van der Waals surface area contributed by atoms with Crippen LogP contribution in [0.4, 0.5) is 0 Å². The fourth-order valence-electron chi connectivity index (χ4n) is 11.3. The highest BCUT2D eigenvalue weighted by Crippen LogP contribution is 2.76. The Kier molecular flexibility index (Phi) is 4.87. The van der Waals surface area contributed by atoms with E-state index in [4.69, 9.17) is 0 Å². The second-order valence-corrected chi connectivity index (χ2v) is 15.0. The minimum Gasteiger partial charge on any atom is -0.393 e. The lowest BCUT2D eigenvalue weighted by Gasteiger charge is -2.72. The molecule has 9 atom stereocenters. The summed E-state index contributed by atoms with van der Waals surface area (Å²) in [6, 6.07) is 0. The van der Waals surface area contributed by atoms with Crippen LogP contribution < -0.4 is 0 Å². The van der Waals surface area contributed by atoms with E-state index >= 15 is 0 Å². The van der Waals surface area contributed by atoms with Gasteiger partial charge in [0, 0.05) is 0 Å². The van der Waals surface area contributed by atoms with E-state index < -0.39 is 0 Å². The molecule has 4 fully saturated rings. The van der Waals surface area contributed by atoms with Crippen molar-refractivity contribution in [3.8, 4) is 0 Å². The van der Waals surface area contributed by atoms with E-state index in [9.17, 15) is 10.2 Å². The predicted octanol–water partition coefficient (Wildman–Crippen LogP) is 7.14. The third kappa shape index (κ3) is 2.55. The average molecular weight is 443 g/mol. The maximum atomic E-state index is 10.9. The summed E-state index contributed by atoms with van der Waals surface area (Å²) < 4.78 is 0. The summed E-state index contributed by atoms with van der Waals surface area (Å²) in [6.07, 6.45) is 12.9. The van der Waals surface area contributed by atoms with Gasteiger partial charge in [0.1, 0.15) is 0 Å². The Morgan fingerprint density at radius 3 is 1.88 bits per heavy atom. The number of hydrogen-bond acceptors (Lipinski definition) is 2. The Hall–Kier alpha value is -0.340. The van der Waals surface area contributed by atoms with E-state index in [1.807, 2.05) is 0 Å². The molecule has 2 heteroatoms. The van der Waals surface area contributed by atoms with E-state index in [1.54, 1.807) is 5.57 Å². The lowest BCUT2D eigenvalue weighted by atomic mass is 9.32. The normalized spacial score (nSPS) is 56.2. The molecule has 0 aromatic rings. The number of hydrogen-bond donors (Lipinski definition) is 2. The van der Waals surface area contributed by atoms with Gasteiger partial charge in [-0.05, 0) is 108 Å². The van der Waals surface area contributed by atoms with E-state index in [0.29, 0.717) is 28.6 Å². The van der Waals surface area contributed by atoms with Crippen LogP contribution in [0.1, 0.15) is 113 Å². The Morgan fingerprint density at radius 2 is 1.22 bits per heavy atom. The molecular formula is C30H50O2. The van der Waals surface area contributed by atoms with Crippen molar-refractivity contribution in [1.82, 2.24) is 0 Å². The molecule has 0 amide bonds. The van der Waals surface area contributed by atoms with Crippen LogP contribution in [0.2, 0.25) is 0 Å². The third-order valence-electron chi connectivity index (χ3n) is 13.5. The highest BCUT2D eigenvalue weighted by molar-refractivity contribution is 5.36. The molecule has 4 saturated carbocycles. The Morgan fingerprint density at radius 1 is 0.656 bits per heavy atom. The van der Waals surface area contributed by atoms with E-state index in [0.717, 1.165) is 19.3 Å². The SMILES string of the molecule is CC1(C)[C@@H](O)CC[C@]2(C)[C@H]3CC=C4[C@@]5(C)CC[C@H](O)C(C)(C)[C@@H]5CC[C@@]4(C)[C@]3(C)CC[C@@H]12. The first-order valence-corrected chi connectivity index (χ1v) is 13.7. The molecule has 32 heavy (non-hydrogen) atoms. The molecule has 0 aromatic heterocycles. The zero-order valence-corrected chi connectivity index (χ0v) is 22.2. The fourth-order valence-corrected chi connectivity index (χ4v) is 11.3. The van der Waals surface area contributed by atoms with Crippen LogP contribution in [0.3, 0.4) is 0 Å². The van der Waals surface area contributed by atoms with Gasteiger partial charge in [0.05, 0.1) is 12.2 Å². The lowest BCUT2D eigenvalue weighted by molar-refractivity contribution is -0.208. The van der Waals surface area contributed by atoms with Gasteiger partial charge in [-0.25, -0.2) is 0 Å². The van der Waals surface area contributed by atoms with E-state index in [2.05, 4.69) is 61.5 Å². The van der Waals surface area contributed by atoms with Crippen LogP contribution in [-0.2, 0) is 0 Å². The number of aliphatic hydroxyl groups is 2. The molecule has 0 heterocycles. The van der Waals surface area contributed by atoms with Crippen molar-refractivity contribution in [3.05, 3.63) is 11.6 Å². The van der Waals surface area contributed by atoms with Crippen molar-refractivity contribution >= 4 is 0 Å². The highest BCUT2D eigenvalue weighted by Gasteiger charge is 2.69. The molecular weight excluding hydrogens is 392 g/mol. The van der Waals surface area contributed by atoms with Gasteiger partial charge in [-0.2, -0.15) is 0 Å². The number of aliphatic hydroxyl groups excluding tert-OH is 2. The van der Waals surface area contributed by atoms with Gasteiger partial charge in [-0.15, -0.1) is 0 Å².